The number of amides is 2. The van der Waals surface area contributed by atoms with Crippen LogP contribution in [-0.4, -0.2) is 93.2 Å². The second-order valence-electron chi connectivity index (χ2n) is 12.2. The van der Waals surface area contributed by atoms with Crippen molar-refractivity contribution in [3.63, 3.8) is 0 Å². The van der Waals surface area contributed by atoms with E-state index in [0.29, 0.717) is 13.0 Å². The third kappa shape index (κ3) is 3.61. The number of aromatic hydroxyl groups is 1. The Bertz CT molecular complexity index is 1460. The summed E-state index contributed by atoms with van der Waals surface area (Å²) >= 11 is 0. The molecule has 6 N–H and O–H groups in total. The lowest BCUT2D eigenvalue weighted by atomic mass is 9.52. The summed E-state index contributed by atoms with van der Waals surface area (Å²) in [7, 11) is 3.06. The van der Waals surface area contributed by atoms with Gasteiger partial charge in [0.1, 0.15) is 11.7 Å². The first kappa shape index (κ1) is 27.6. The molecule has 1 aromatic carbocycles. The van der Waals surface area contributed by atoms with E-state index in [1.54, 1.807) is 0 Å². The SMILES string of the molecule is CN(C)C1C(=O)C(C(N)=O)C(=N)C2(O)C(=O)C3C(=O)c4c(O)c5c(c(F)c4CC3CC12)CN1CCCCC1C(=O)N5. The number of phenols is 1. The van der Waals surface area contributed by atoms with Gasteiger partial charge in [-0.25, -0.2) is 4.39 Å². The maximum absolute atomic E-state index is 16.3. The van der Waals surface area contributed by atoms with Gasteiger partial charge < -0.3 is 26.7 Å². The number of aliphatic hydroxyl groups is 1. The molecule has 7 unspecified atom stereocenters. The number of Topliss-reactive ketones (excluding diaryl/α,β-unsaturated/α-hetero) is 3. The number of fused-ring (bicyclic) bond motifs is 5. The highest BCUT2D eigenvalue weighted by molar-refractivity contribution is 6.33. The van der Waals surface area contributed by atoms with Crippen molar-refractivity contribution in [2.24, 2.45) is 29.4 Å². The molecular weight excluding hydrogens is 537 g/mol. The second kappa shape index (κ2) is 9.23. The van der Waals surface area contributed by atoms with Crippen LogP contribution in [0.4, 0.5) is 10.1 Å². The molecule has 0 radical (unpaired) electrons. The summed E-state index contributed by atoms with van der Waals surface area (Å²) in [6, 6.07) is -1.67. The third-order valence-electron chi connectivity index (χ3n) is 9.85. The van der Waals surface area contributed by atoms with E-state index >= 15 is 4.39 Å². The molecule has 1 aromatic rings. The van der Waals surface area contributed by atoms with Crippen LogP contribution in [0.2, 0.25) is 0 Å². The number of rotatable bonds is 2. The summed E-state index contributed by atoms with van der Waals surface area (Å²) in [5.74, 6) is -11.2. The predicted octanol–water partition coefficient (Wildman–Crippen LogP) is -0.237. The molecule has 0 aromatic heterocycles. The average Bonchev–Trinajstić information content (AvgIpc) is 3.05. The fourth-order valence-electron chi connectivity index (χ4n) is 7.98. The fourth-order valence-corrected chi connectivity index (χ4v) is 7.98. The summed E-state index contributed by atoms with van der Waals surface area (Å²) < 4.78 is 16.3. The number of likely N-dealkylation sites (N-methyl/N-ethyl adjacent to an activating group) is 1. The number of ketones is 3. The number of hydrogen-bond acceptors (Lipinski definition) is 10. The maximum atomic E-state index is 16.3. The van der Waals surface area contributed by atoms with Crippen LogP contribution in [0.1, 0.15) is 47.2 Å². The van der Waals surface area contributed by atoms with Crippen molar-refractivity contribution in [2.75, 3.05) is 26.0 Å². The van der Waals surface area contributed by atoms with E-state index in [-0.39, 0.29) is 36.2 Å². The van der Waals surface area contributed by atoms with Gasteiger partial charge in [-0.05, 0) is 52.2 Å². The zero-order valence-electron chi connectivity index (χ0n) is 22.7. The van der Waals surface area contributed by atoms with Crippen molar-refractivity contribution in [3.05, 3.63) is 22.5 Å². The van der Waals surface area contributed by atoms with Gasteiger partial charge >= 0.3 is 0 Å². The molecule has 13 heteroatoms. The first-order valence-electron chi connectivity index (χ1n) is 13.8. The highest BCUT2D eigenvalue weighted by Crippen LogP contribution is 2.52. The van der Waals surface area contributed by atoms with Gasteiger partial charge in [0.05, 0.1) is 35.0 Å². The summed E-state index contributed by atoms with van der Waals surface area (Å²) in [6.07, 6.45) is 2.00. The summed E-state index contributed by atoms with van der Waals surface area (Å²) in [4.78, 5) is 69.7. The molecule has 12 nitrogen and oxygen atoms in total. The van der Waals surface area contributed by atoms with Crippen LogP contribution in [0.15, 0.2) is 0 Å². The van der Waals surface area contributed by atoms with Crippen LogP contribution in [0, 0.1) is 34.9 Å². The third-order valence-corrected chi connectivity index (χ3v) is 9.85. The number of primary amides is 1. The van der Waals surface area contributed by atoms with E-state index in [2.05, 4.69) is 5.32 Å². The van der Waals surface area contributed by atoms with Crippen molar-refractivity contribution in [1.29, 1.82) is 5.41 Å². The number of carbonyl (C=O) groups excluding carboxylic acids is 5. The molecule has 6 rings (SSSR count). The number of nitrogens with one attached hydrogen (secondary N) is 2. The van der Waals surface area contributed by atoms with Gasteiger partial charge in [0.15, 0.2) is 28.7 Å². The maximum Gasteiger partial charge on any atom is 0.241 e. The lowest BCUT2D eigenvalue weighted by molar-refractivity contribution is -0.157. The predicted molar refractivity (Wildman–Crippen MR) is 141 cm³/mol. The molecule has 3 aliphatic carbocycles. The number of nitrogens with two attached hydrogens (primary N) is 1. The van der Waals surface area contributed by atoms with E-state index in [0.717, 1.165) is 12.8 Å². The quantitative estimate of drug-likeness (QED) is 0.236. The number of halogens is 1. The van der Waals surface area contributed by atoms with E-state index < -0.39 is 93.4 Å². The Kier molecular flexibility index (Phi) is 6.22. The van der Waals surface area contributed by atoms with Crippen LogP contribution >= 0.6 is 0 Å². The van der Waals surface area contributed by atoms with Gasteiger partial charge in [-0.1, -0.05) is 6.42 Å². The number of piperidine rings is 1. The second-order valence-corrected chi connectivity index (χ2v) is 12.2. The van der Waals surface area contributed by atoms with E-state index in [1.807, 2.05) is 4.90 Å². The van der Waals surface area contributed by atoms with Gasteiger partial charge in [-0.15, -0.1) is 0 Å². The average molecular weight is 570 g/mol. The molecule has 1 saturated heterocycles. The molecule has 0 spiro atoms. The number of benzene rings is 1. The minimum atomic E-state index is -2.64. The van der Waals surface area contributed by atoms with Crippen LogP contribution in [0.3, 0.4) is 0 Å². The topological polar surface area (TPSA) is 194 Å². The van der Waals surface area contributed by atoms with Gasteiger partial charge in [0.2, 0.25) is 11.8 Å². The van der Waals surface area contributed by atoms with Crippen molar-refractivity contribution in [3.8, 4) is 5.75 Å². The Balaban J connectivity index is 1.47. The smallest absolute Gasteiger partial charge is 0.241 e. The van der Waals surface area contributed by atoms with Crippen molar-refractivity contribution in [1.82, 2.24) is 9.80 Å². The van der Waals surface area contributed by atoms with E-state index in [4.69, 9.17) is 11.1 Å². The van der Waals surface area contributed by atoms with Crippen LogP contribution in [-0.2, 0) is 32.1 Å². The number of nitrogens with zero attached hydrogens (tertiary/aromatic N) is 2. The van der Waals surface area contributed by atoms with Crippen molar-refractivity contribution >= 4 is 40.6 Å². The zero-order valence-corrected chi connectivity index (χ0v) is 22.7. The zero-order chi connectivity index (χ0) is 29.7. The molecule has 2 heterocycles. The number of hydrogen-bond donors (Lipinski definition) is 5. The molecule has 2 amide bonds. The number of anilines is 1. The molecule has 2 aliphatic heterocycles. The molecule has 2 saturated carbocycles. The Morgan fingerprint density at radius 2 is 1.90 bits per heavy atom. The summed E-state index contributed by atoms with van der Waals surface area (Å²) in [5.41, 5.74) is 1.23. The van der Waals surface area contributed by atoms with Crippen LogP contribution in [0.25, 0.3) is 0 Å². The number of carbonyl (C=O) groups is 5. The van der Waals surface area contributed by atoms with Crippen LogP contribution in [0.5, 0.6) is 5.75 Å². The van der Waals surface area contributed by atoms with Crippen molar-refractivity contribution in [2.45, 2.75) is 56.3 Å². The monoisotopic (exact) mass is 569 g/mol. The standard InChI is InChI=1S/C28H32FN5O7/c1-33(2)20-13-8-10-7-11-16(21(35)15(10)25(38)28(13,41)24(30)17(23(20)37)26(31)39)22(36)19-12(18(11)29)9-34-6-4-3-5-14(34)27(40)32-19/h10,13-15,17,20,30,36,41H,3-9H2,1-2H3,(H2,31,39)(H,32,40). The molecule has 0 bridgehead atoms. The molecule has 7 atom stereocenters. The van der Waals surface area contributed by atoms with E-state index in [1.165, 1.54) is 19.0 Å². The van der Waals surface area contributed by atoms with Crippen LogP contribution < -0.4 is 11.1 Å². The molecule has 5 aliphatic rings. The molecule has 3 fully saturated rings. The Morgan fingerprint density at radius 1 is 1.20 bits per heavy atom. The lowest BCUT2D eigenvalue weighted by Gasteiger charge is -2.53. The van der Waals surface area contributed by atoms with Gasteiger partial charge in [0.25, 0.3) is 0 Å². The number of phenolic OH excluding ortho intramolecular Hbond substituents is 1. The first-order chi connectivity index (χ1) is 19.3. The Labute approximate surface area is 234 Å². The Hall–Kier alpha value is -3.55. The molecule has 218 valence electrons. The highest BCUT2D eigenvalue weighted by atomic mass is 19.1. The summed E-state index contributed by atoms with van der Waals surface area (Å²) in [5, 5.41) is 34.2. The van der Waals surface area contributed by atoms with Gasteiger partial charge in [0, 0.05) is 23.6 Å². The minimum Gasteiger partial charge on any atom is -0.505 e. The van der Waals surface area contributed by atoms with Gasteiger partial charge in [-0.2, -0.15) is 0 Å². The molecular formula is C28H32FN5O7. The lowest BCUT2D eigenvalue weighted by Crippen LogP contribution is -2.73. The highest BCUT2D eigenvalue weighted by Gasteiger charge is 2.67. The normalized spacial score (nSPS) is 35.1. The first-order valence-corrected chi connectivity index (χ1v) is 13.8. The minimum absolute atomic E-state index is 0.0535. The molecule has 41 heavy (non-hydrogen) atoms. The van der Waals surface area contributed by atoms with E-state index in [9.17, 15) is 34.2 Å². The largest absolute Gasteiger partial charge is 0.505 e. The Morgan fingerprint density at radius 3 is 2.56 bits per heavy atom. The van der Waals surface area contributed by atoms with Crippen molar-refractivity contribution < 1.29 is 38.6 Å². The van der Waals surface area contributed by atoms with Gasteiger partial charge in [-0.3, -0.25) is 33.8 Å². The fraction of sp³-hybridized carbons (Fsp3) is 0.571. The summed E-state index contributed by atoms with van der Waals surface area (Å²) in [6.45, 7) is 0.628.